The van der Waals surface area contributed by atoms with E-state index >= 15 is 0 Å². The van der Waals surface area contributed by atoms with Gasteiger partial charge in [-0.05, 0) is 49.4 Å². The van der Waals surface area contributed by atoms with Gasteiger partial charge in [-0.15, -0.1) is 0 Å². The average molecular weight is 474 g/mol. The number of nitrogens with zero attached hydrogens (tertiary/aromatic N) is 5. The number of anilines is 3. The van der Waals surface area contributed by atoms with E-state index in [4.69, 9.17) is 16.5 Å². The molecule has 2 aromatic carbocycles. The molecule has 35 heavy (non-hydrogen) atoms. The van der Waals surface area contributed by atoms with E-state index in [1.54, 1.807) is 25.1 Å². The highest BCUT2D eigenvalue weighted by atomic mass is 19.1. The summed E-state index contributed by atoms with van der Waals surface area (Å²) in [4.78, 5) is 26.5. The van der Waals surface area contributed by atoms with Crippen molar-refractivity contribution in [2.24, 2.45) is 5.92 Å². The van der Waals surface area contributed by atoms with Crippen molar-refractivity contribution in [1.82, 2.24) is 19.5 Å². The third-order valence-corrected chi connectivity index (χ3v) is 5.97. The fourth-order valence-corrected chi connectivity index (χ4v) is 4.22. The second kappa shape index (κ2) is 8.32. The fourth-order valence-electron chi connectivity index (χ4n) is 4.22. The van der Waals surface area contributed by atoms with Gasteiger partial charge in [-0.1, -0.05) is 12.1 Å². The van der Waals surface area contributed by atoms with Gasteiger partial charge >= 0.3 is 0 Å². The summed E-state index contributed by atoms with van der Waals surface area (Å²) >= 11 is 0. The van der Waals surface area contributed by atoms with Crippen LogP contribution in [-0.2, 0) is 0 Å². The Morgan fingerprint density at radius 1 is 1.14 bits per heavy atom. The maximum Gasteiger partial charge on any atom is 0.266 e. The first kappa shape index (κ1) is 22.2. The first-order valence-electron chi connectivity index (χ1n) is 10.8. The summed E-state index contributed by atoms with van der Waals surface area (Å²) in [6, 6.07) is 9.45. The van der Waals surface area contributed by atoms with E-state index in [2.05, 4.69) is 15.3 Å². The van der Waals surface area contributed by atoms with Gasteiger partial charge in [0.15, 0.2) is 5.82 Å². The lowest BCUT2D eigenvalue weighted by molar-refractivity contribution is 0.575. The average Bonchev–Trinajstić information content (AvgIpc) is 3.61. The number of nitrogens with one attached hydrogen (secondary N) is 1. The summed E-state index contributed by atoms with van der Waals surface area (Å²) in [6.07, 6.45) is 1.60. The summed E-state index contributed by atoms with van der Waals surface area (Å²) < 4.78 is 29.6. The Hall–Kier alpha value is -4.59. The zero-order chi connectivity index (χ0) is 24.9. The molecule has 1 aliphatic carbocycles. The molecule has 11 heteroatoms. The van der Waals surface area contributed by atoms with Crippen LogP contribution in [0.5, 0.6) is 0 Å². The molecular formula is C24H20F2N8O. The smallest absolute Gasteiger partial charge is 0.266 e. The molecule has 1 fully saturated rings. The van der Waals surface area contributed by atoms with E-state index in [1.807, 2.05) is 6.07 Å². The van der Waals surface area contributed by atoms with Crippen LogP contribution in [0.1, 0.15) is 35.8 Å². The maximum atomic E-state index is 14.2. The van der Waals surface area contributed by atoms with E-state index in [1.165, 1.54) is 4.57 Å². The molecule has 5 rings (SSSR count). The van der Waals surface area contributed by atoms with Crippen LogP contribution in [0.3, 0.4) is 0 Å². The van der Waals surface area contributed by atoms with Crippen molar-refractivity contribution in [2.45, 2.75) is 25.8 Å². The van der Waals surface area contributed by atoms with Gasteiger partial charge in [0, 0.05) is 6.07 Å². The number of nitrogen functional groups attached to an aromatic ring is 2. The first-order valence-corrected chi connectivity index (χ1v) is 10.8. The number of hydrogen-bond donors (Lipinski definition) is 3. The Bertz CT molecular complexity index is 1570. The van der Waals surface area contributed by atoms with Crippen molar-refractivity contribution in [3.8, 4) is 11.8 Å². The molecule has 176 valence electrons. The molecule has 1 saturated carbocycles. The van der Waals surface area contributed by atoms with Gasteiger partial charge in [-0.25, -0.2) is 13.8 Å². The molecule has 0 aliphatic heterocycles. The monoisotopic (exact) mass is 474 g/mol. The lowest BCUT2D eigenvalue weighted by Gasteiger charge is -2.24. The van der Waals surface area contributed by atoms with E-state index in [-0.39, 0.29) is 40.6 Å². The molecule has 0 saturated heterocycles. The Morgan fingerprint density at radius 2 is 1.86 bits per heavy atom. The Morgan fingerprint density at radius 3 is 2.51 bits per heavy atom. The largest absolute Gasteiger partial charge is 0.382 e. The van der Waals surface area contributed by atoms with Crippen molar-refractivity contribution in [3.05, 3.63) is 75.3 Å². The summed E-state index contributed by atoms with van der Waals surface area (Å²) in [7, 11) is 0. The van der Waals surface area contributed by atoms with Gasteiger partial charge in [0.25, 0.3) is 5.56 Å². The number of halogens is 2. The molecule has 0 bridgehead atoms. The van der Waals surface area contributed by atoms with Crippen molar-refractivity contribution in [1.29, 1.82) is 5.26 Å². The van der Waals surface area contributed by atoms with Gasteiger partial charge in [0.05, 0.1) is 22.6 Å². The highest BCUT2D eigenvalue weighted by molar-refractivity contribution is 5.81. The van der Waals surface area contributed by atoms with Crippen LogP contribution >= 0.6 is 0 Å². The molecule has 4 aromatic rings. The molecule has 0 amide bonds. The van der Waals surface area contributed by atoms with Crippen LogP contribution in [0.15, 0.2) is 41.2 Å². The highest BCUT2D eigenvalue weighted by Crippen LogP contribution is 2.43. The topological polar surface area (TPSA) is 149 Å². The molecule has 1 unspecified atom stereocenters. The minimum absolute atomic E-state index is 0.00479. The molecule has 5 N–H and O–H groups in total. The molecule has 0 radical (unpaired) electrons. The van der Waals surface area contributed by atoms with Crippen molar-refractivity contribution >= 4 is 28.5 Å². The summed E-state index contributed by atoms with van der Waals surface area (Å²) in [5.41, 5.74) is 12.2. The summed E-state index contributed by atoms with van der Waals surface area (Å²) in [5.74, 6) is -1.57. The van der Waals surface area contributed by atoms with Crippen LogP contribution in [0.2, 0.25) is 0 Å². The summed E-state index contributed by atoms with van der Waals surface area (Å²) in [5, 5.41) is 13.1. The second-order valence-corrected chi connectivity index (χ2v) is 8.47. The normalized spacial score (nSPS) is 14.0. The second-order valence-electron chi connectivity index (χ2n) is 8.47. The van der Waals surface area contributed by atoms with Gasteiger partial charge < -0.3 is 16.8 Å². The number of fused-ring (bicyclic) bond motifs is 1. The Kier molecular flexibility index (Phi) is 5.28. The molecule has 0 spiro atoms. The van der Waals surface area contributed by atoms with Gasteiger partial charge in [0.1, 0.15) is 34.9 Å². The fraction of sp³-hybridized carbons (Fsp3) is 0.208. The number of benzene rings is 2. The molecule has 1 atom stereocenters. The predicted octanol–water partition coefficient (Wildman–Crippen LogP) is 3.36. The molecular weight excluding hydrogens is 454 g/mol. The van der Waals surface area contributed by atoms with Crippen LogP contribution in [0.25, 0.3) is 16.6 Å². The summed E-state index contributed by atoms with van der Waals surface area (Å²) in [6.45, 7) is 1.77. The third-order valence-electron chi connectivity index (χ3n) is 5.97. The van der Waals surface area contributed by atoms with E-state index in [0.29, 0.717) is 16.5 Å². The molecule has 9 nitrogen and oxygen atoms in total. The Labute approximate surface area is 198 Å². The van der Waals surface area contributed by atoms with Crippen molar-refractivity contribution in [3.63, 3.8) is 0 Å². The first-order chi connectivity index (χ1) is 16.8. The number of nitrogens with two attached hydrogens (primary N) is 2. The Balaban J connectivity index is 1.79. The SMILES string of the molecule is Cc1cccc2nc(C(Nc3nc(N)nc(N)c3C#N)C3CC3)n(-c3cc(F)cc(F)c3)c(=O)c12. The number of aromatic nitrogens is 4. The van der Waals surface area contributed by atoms with Crippen LogP contribution in [-0.4, -0.2) is 19.5 Å². The van der Waals surface area contributed by atoms with Gasteiger partial charge in [-0.2, -0.15) is 15.2 Å². The van der Waals surface area contributed by atoms with Gasteiger partial charge in [0.2, 0.25) is 5.95 Å². The maximum absolute atomic E-state index is 14.2. The zero-order valence-electron chi connectivity index (χ0n) is 18.6. The number of nitriles is 1. The standard InChI is InChI=1S/C24H20F2N8O/c1-11-3-2-4-17-18(11)23(35)34(15-8-13(25)7-14(26)9-15)22(30-17)19(12-5-6-12)31-21-16(10-27)20(28)32-24(29)33-21/h2-4,7-9,12,19H,5-6H2,1H3,(H5,28,29,31,32,33). The van der Waals surface area contributed by atoms with Crippen molar-refractivity contribution < 1.29 is 8.78 Å². The van der Waals surface area contributed by atoms with Gasteiger partial charge in [-0.3, -0.25) is 9.36 Å². The van der Waals surface area contributed by atoms with E-state index in [0.717, 1.165) is 31.0 Å². The predicted molar refractivity (Wildman–Crippen MR) is 127 cm³/mol. The molecule has 1 aliphatic rings. The number of aryl methyl sites for hydroxylation is 1. The van der Waals surface area contributed by atoms with E-state index in [9.17, 15) is 18.8 Å². The molecule has 2 heterocycles. The van der Waals surface area contributed by atoms with Crippen LogP contribution < -0.4 is 22.3 Å². The lowest BCUT2D eigenvalue weighted by atomic mass is 10.1. The zero-order valence-corrected chi connectivity index (χ0v) is 18.6. The number of hydrogen-bond acceptors (Lipinski definition) is 8. The number of rotatable bonds is 5. The lowest BCUT2D eigenvalue weighted by Crippen LogP contribution is -2.30. The molecule has 2 aromatic heterocycles. The third kappa shape index (κ3) is 3.99. The minimum atomic E-state index is -0.832. The highest BCUT2D eigenvalue weighted by Gasteiger charge is 2.37. The van der Waals surface area contributed by atoms with E-state index < -0.39 is 23.2 Å². The minimum Gasteiger partial charge on any atom is -0.382 e. The quantitative estimate of drug-likeness (QED) is 0.399. The van der Waals surface area contributed by atoms with Crippen LogP contribution in [0.4, 0.5) is 26.4 Å². The van der Waals surface area contributed by atoms with Crippen molar-refractivity contribution in [2.75, 3.05) is 16.8 Å². The van der Waals surface area contributed by atoms with Crippen LogP contribution in [0, 0.1) is 35.8 Å².